The number of amidine groups is 1. The molecule has 3 aromatic rings. The number of primary amides is 1. The molecule has 1 saturated heterocycles. The van der Waals surface area contributed by atoms with Crippen LogP contribution >= 0.6 is 0 Å². The largest absolute Gasteiger partial charge is 0.363 e. The van der Waals surface area contributed by atoms with E-state index in [2.05, 4.69) is 27.8 Å². The van der Waals surface area contributed by atoms with Crippen LogP contribution in [0.3, 0.4) is 0 Å². The van der Waals surface area contributed by atoms with E-state index >= 15 is 0 Å². The Morgan fingerprint density at radius 3 is 2.22 bits per heavy atom. The smallest absolute Gasteiger partial charge is 0.323 e. The number of rotatable bonds is 12. The SMILES string of the molecule is CCCCCC1CCN(C(=N)c2cccc(NC(=O)Nc3ccc(S(=O)C(=O)NCc4ccc(C(=O)C(N)=O)cc4)cc3)c2)CC1. The molecule has 46 heavy (non-hydrogen) atoms. The fraction of sp³-hybridized carbons (Fsp3) is 0.324. The number of likely N-dealkylation sites (tertiary alicyclic amines) is 1. The van der Waals surface area contributed by atoms with Crippen LogP contribution in [-0.4, -0.2) is 51.0 Å². The van der Waals surface area contributed by atoms with Crippen LogP contribution in [0, 0.1) is 11.3 Å². The van der Waals surface area contributed by atoms with Crippen LogP contribution in [0.1, 0.15) is 66.9 Å². The van der Waals surface area contributed by atoms with Crippen molar-refractivity contribution in [1.82, 2.24) is 10.2 Å². The molecule has 1 aliphatic heterocycles. The van der Waals surface area contributed by atoms with Crippen LogP contribution in [-0.2, 0) is 22.1 Å². The fourth-order valence-corrected chi connectivity index (χ4v) is 6.07. The summed E-state index contributed by atoms with van der Waals surface area (Å²) in [4.78, 5) is 50.2. The van der Waals surface area contributed by atoms with Gasteiger partial charge in [0.1, 0.15) is 16.6 Å². The van der Waals surface area contributed by atoms with Gasteiger partial charge < -0.3 is 26.6 Å². The normalized spacial score (nSPS) is 13.8. The number of carbonyl (C=O) groups is 4. The van der Waals surface area contributed by atoms with Crippen molar-refractivity contribution in [2.45, 2.75) is 56.9 Å². The number of nitrogens with one attached hydrogen (secondary N) is 4. The van der Waals surface area contributed by atoms with E-state index in [4.69, 9.17) is 11.1 Å². The molecule has 0 saturated carbocycles. The summed E-state index contributed by atoms with van der Waals surface area (Å²) in [5, 5.41) is 16.1. The average Bonchev–Trinajstić information content (AvgIpc) is 3.07. The number of nitrogens with zero attached hydrogens (tertiary/aromatic N) is 1. The van der Waals surface area contributed by atoms with Gasteiger partial charge in [0.2, 0.25) is 5.78 Å². The zero-order valence-corrected chi connectivity index (χ0v) is 26.7. The summed E-state index contributed by atoms with van der Waals surface area (Å²) in [6.07, 6.45) is 7.26. The number of Topliss-reactive ketones (excluding diaryl/α,β-unsaturated/α-hetero) is 1. The maximum Gasteiger partial charge on any atom is 0.323 e. The third kappa shape index (κ3) is 9.58. The molecule has 1 aliphatic rings. The van der Waals surface area contributed by atoms with Crippen molar-refractivity contribution in [2.24, 2.45) is 11.7 Å². The van der Waals surface area contributed by atoms with Crippen molar-refractivity contribution in [1.29, 1.82) is 5.41 Å². The van der Waals surface area contributed by atoms with Gasteiger partial charge in [-0.15, -0.1) is 0 Å². The maximum absolute atomic E-state index is 12.7. The van der Waals surface area contributed by atoms with Crippen molar-refractivity contribution < 1.29 is 23.4 Å². The Morgan fingerprint density at radius 2 is 1.57 bits per heavy atom. The standard InChI is InChI=1S/C34H40N6O5S/c1-2-3-4-6-23-17-19-40(20-18-23)31(35)26-7-5-8-28(21-26)39-33(43)38-27-13-15-29(16-14-27)46(45)34(44)37-22-24-9-11-25(12-10-24)30(41)32(36)42/h5,7-16,21,23,35H,2-4,6,17-20,22H2,1H3,(H2,36,42)(H,37,44)(H2,38,39,43). The number of piperidine rings is 1. The molecule has 12 heteroatoms. The minimum absolute atomic E-state index is 0.0632. The first-order valence-electron chi connectivity index (χ1n) is 15.4. The molecule has 0 bridgehead atoms. The molecular formula is C34H40N6O5S. The lowest BCUT2D eigenvalue weighted by Crippen LogP contribution is -2.38. The highest BCUT2D eigenvalue weighted by Crippen LogP contribution is 2.25. The molecule has 0 radical (unpaired) electrons. The van der Waals surface area contributed by atoms with E-state index in [1.165, 1.54) is 49.9 Å². The van der Waals surface area contributed by atoms with Crippen molar-refractivity contribution in [2.75, 3.05) is 23.7 Å². The maximum atomic E-state index is 12.7. The predicted octanol–water partition coefficient (Wildman–Crippen LogP) is 5.63. The first-order chi connectivity index (χ1) is 22.1. The van der Waals surface area contributed by atoms with E-state index in [1.807, 2.05) is 12.1 Å². The van der Waals surface area contributed by atoms with Crippen molar-refractivity contribution in [3.05, 3.63) is 89.5 Å². The molecule has 0 aliphatic carbocycles. The molecule has 1 fully saturated rings. The zero-order chi connectivity index (χ0) is 33.1. The molecule has 4 amide bonds. The molecule has 242 valence electrons. The lowest BCUT2D eigenvalue weighted by atomic mass is 9.91. The van der Waals surface area contributed by atoms with Gasteiger partial charge in [-0.1, -0.05) is 69.0 Å². The van der Waals surface area contributed by atoms with Gasteiger partial charge in [-0.3, -0.25) is 19.8 Å². The number of amides is 4. The number of unbranched alkanes of at least 4 members (excludes halogenated alkanes) is 2. The van der Waals surface area contributed by atoms with Gasteiger partial charge in [0, 0.05) is 47.0 Å². The number of hydrogen-bond donors (Lipinski definition) is 5. The molecule has 1 unspecified atom stereocenters. The second-order valence-corrected chi connectivity index (χ2v) is 12.6. The Labute approximate surface area is 271 Å². The number of nitrogens with two attached hydrogens (primary N) is 1. The van der Waals surface area contributed by atoms with Crippen LogP contribution < -0.4 is 21.7 Å². The van der Waals surface area contributed by atoms with Crippen LogP contribution in [0.15, 0.2) is 77.7 Å². The van der Waals surface area contributed by atoms with Crippen molar-refractivity contribution in [3.8, 4) is 0 Å². The number of ketones is 1. The summed E-state index contributed by atoms with van der Waals surface area (Å²) in [7, 11) is -2.00. The molecule has 0 spiro atoms. The molecule has 11 nitrogen and oxygen atoms in total. The molecular weight excluding hydrogens is 604 g/mol. The van der Waals surface area contributed by atoms with E-state index in [1.54, 1.807) is 36.4 Å². The molecule has 4 rings (SSSR count). The van der Waals surface area contributed by atoms with E-state index in [9.17, 15) is 23.4 Å². The van der Waals surface area contributed by atoms with Gasteiger partial charge in [0.15, 0.2) is 0 Å². The van der Waals surface area contributed by atoms with Gasteiger partial charge in [0.05, 0.1) is 0 Å². The Morgan fingerprint density at radius 1 is 0.891 bits per heavy atom. The summed E-state index contributed by atoms with van der Waals surface area (Å²) in [6, 6.07) is 18.8. The Balaban J connectivity index is 1.24. The van der Waals surface area contributed by atoms with Gasteiger partial charge in [0.25, 0.3) is 5.91 Å². The van der Waals surface area contributed by atoms with Gasteiger partial charge >= 0.3 is 11.3 Å². The first-order valence-corrected chi connectivity index (χ1v) is 16.5. The molecule has 6 N–H and O–H groups in total. The highest BCUT2D eigenvalue weighted by atomic mass is 32.2. The summed E-state index contributed by atoms with van der Waals surface area (Å²) >= 11 is 0. The second-order valence-electron chi connectivity index (χ2n) is 11.3. The second kappa shape index (κ2) is 16.5. The van der Waals surface area contributed by atoms with Gasteiger partial charge in [-0.25, -0.2) is 9.00 Å². The van der Waals surface area contributed by atoms with E-state index in [0.717, 1.165) is 37.4 Å². The van der Waals surface area contributed by atoms with Crippen molar-refractivity contribution >= 4 is 51.0 Å². The monoisotopic (exact) mass is 644 g/mol. The van der Waals surface area contributed by atoms with E-state index in [0.29, 0.717) is 22.8 Å². The first kappa shape index (κ1) is 34.0. The average molecular weight is 645 g/mol. The molecule has 0 aromatic heterocycles. The minimum atomic E-state index is -2.00. The van der Waals surface area contributed by atoms with Crippen LogP contribution in [0.2, 0.25) is 0 Å². The number of anilines is 2. The van der Waals surface area contributed by atoms with E-state index < -0.39 is 33.8 Å². The Kier molecular flexibility index (Phi) is 12.2. The van der Waals surface area contributed by atoms with E-state index in [-0.39, 0.29) is 17.0 Å². The Bertz CT molecular complexity index is 1580. The molecule has 1 atom stereocenters. The minimum Gasteiger partial charge on any atom is -0.363 e. The number of carbonyl (C=O) groups excluding carboxylic acids is 4. The van der Waals surface area contributed by atoms with Crippen molar-refractivity contribution in [3.63, 3.8) is 0 Å². The van der Waals surface area contributed by atoms with Crippen LogP contribution in [0.25, 0.3) is 0 Å². The fourth-order valence-electron chi connectivity index (χ4n) is 5.27. The molecule has 3 aromatic carbocycles. The topological polar surface area (TPSA) is 175 Å². The zero-order valence-electron chi connectivity index (χ0n) is 25.8. The Hall–Kier alpha value is -4.84. The number of hydrogen-bond acceptors (Lipinski definition) is 6. The third-order valence-corrected chi connectivity index (χ3v) is 9.09. The van der Waals surface area contributed by atoms with Crippen LogP contribution in [0.5, 0.6) is 0 Å². The predicted molar refractivity (Wildman–Crippen MR) is 179 cm³/mol. The highest BCUT2D eigenvalue weighted by molar-refractivity contribution is 8.00. The highest BCUT2D eigenvalue weighted by Gasteiger charge is 2.22. The van der Waals surface area contributed by atoms with Crippen LogP contribution in [0.4, 0.5) is 21.0 Å². The number of benzene rings is 3. The van der Waals surface area contributed by atoms with Gasteiger partial charge in [-0.05, 0) is 60.7 Å². The van der Waals surface area contributed by atoms with Gasteiger partial charge in [-0.2, -0.15) is 0 Å². The summed E-state index contributed by atoms with van der Waals surface area (Å²) < 4.78 is 12.7. The lowest BCUT2D eigenvalue weighted by molar-refractivity contribution is -0.114. The summed E-state index contributed by atoms with van der Waals surface area (Å²) in [5.41, 5.74) is 7.50. The lowest BCUT2D eigenvalue weighted by Gasteiger charge is -2.34. The third-order valence-electron chi connectivity index (χ3n) is 7.91. The number of urea groups is 1. The summed E-state index contributed by atoms with van der Waals surface area (Å²) in [6.45, 7) is 4.02. The molecule has 1 heterocycles. The summed E-state index contributed by atoms with van der Waals surface area (Å²) in [5.74, 6) is -0.672. The quantitative estimate of drug-likeness (QED) is 0.0561.